The Morgan fingerprint density at radius 2 is 2.00 bits per heavy atom. The van der Waals surface area contributed by atoms with E-state index in [1.54, 1.807) is 0 Å². The highest BCUT2D eigenvalue weighted by Gasteiger charge is 2.32. The number of likely N-dealkylation sites (tertiary alicyclic amines) is 1. The lowest BCUT2D eigenvalue weighted by atomic mass is 10.1. The summed E-state index contributed by atoms with van der Waals surface area (Å²) in [4.78, 5) is 15.3. The maximum atomic E-state index is 14.1. The van der Waals surface area contributed by atoms with E-state index in [0.717, 1.165) is 36.4 Å². The molecule has 0 bridgehead atoms. The van der Waals surface area contributed by atoms with E-state index in [1.807, 2.05) is 42.3 Å². The third kappa shape index (κ3) is 5.43. The average molecular weight is 413 g/mol. The van der Waals surface area contributed by atoms with Gasteiger partial charge in [0.1, 0.15) is 16.9 Å². The summed E-state index contributed by atoms with van der Waals surface area (Å²) >= 11 is 1.14. The Bertz CT molecular complexity index is 763. The number of nitrogens with one attached hydrogen (secondary N) is 1. The Balaban J connectivity index is 0.00000261. The molecule has 1 heterocycles. The van der Waals surface area contributed by atoms with Crippen molar-refractivity contribution in [1.29, 1.82) is 0 Å². The summed E-state index contributed by atoms with van der Waals surface area (Å²) in [7, 11) is 1.91. The zero-order valence-electron chi connectivity index (χ0n) is 15.0. The number of thioether (sulfide) groups is 1. The number of halogens is 3. The van der Waals surface area contributed by atoms with Crippen molar-refractivity contribution >= 4 is 30.1 Å². The van der Waals surface area contributed by atoms with E-state index in [4.69, 9.17) is 0 Å². The first kappa shape index (κ1) is 21.7. The third-order valence-corrected chi connectivity index (χ3v) is 5.85. The standard InChI is InChI=1S/C20H22F2N2OS.ClH/c1-23-12-14-9-10-24(13-14)20(25)19(15-5-3-2-4-6-15)26-18-8-7-16(21)11-17(18)22;/h2-8,11,14,19,23H,9-10,12-13H2,1H3;1H. The quantitative estimate of drug-likeness (QED) is 0.718. The van der Waals surface area contributed by atoms with Crippen LogP contribution in [0.4, 0.5) is 8.78 Å². The molecule has 1 amide bonds. The molecule has 1 aliphatic rings. The van der Waals surface area contributed by atoms with Crippen LogP contribution in [-0.4, -0.2) is 37.5 Å². The highest BCUT2D eigenvalue weighted by atomic mass is 35.5. The average Bonchev–Trinajstić information content (AvgIpc) is 3.10. The summed E-state index contributed by atoms with van der Waals surface area (Å²) in [5, 5.41) is 2.60. The van der Waals surface area contributed by atoms with E-state index in [0.29, 0.717) is 19.0 Å². The van der Waals surface area contributed by atoms with Gasteiger partial charge in [-0.15, -0.1) is 24.2 Å². The maximum absolute atomic E-state index is 14.1. The van der Waals surface area contributed by atoms with Gasteiger partial charge >= 0.3 is 0 Å². The molecule has 1 saturated heterocycles. The van der Waals surface area contributed by atoms with Gasteiger partial charge in [-0.05, 0) is 43.6 Å². The lowest BCUT2D eigenvalue weighted by Crippen LogP contribution is -2.33. The molecule has 2 aromatic carbocycles. The van der Waals surface area contributed by atoms with E-state index in [1.165, 1.54) is 12.1 Å². The molecule has 0 spiro atoms. The Labute approximate surface area is 168 Å². The van der Waals surface area contributed by atoms with Crippen LogP contribution in [0.1, 0.15) is 17.2 Å². The molecule has 1 N–H and O–H groups in total. The summed E-state index contributed by atoms with van der Waals surface area (Å²) in [5.41, 5.74) is 0.822. The Kier molecular flexibility index (Phi) is 8.07. The van der Waals surface area contributed by atoms with Gasteiger partial charge < -0.3 is 10.2 Å². The fourth-order valence-corrected chi connectivity index (χ4v) is 4.36. The maximum Gasteiger partial charge on any atom is 0.240 e. The fourth-order valence-electron chi connectivity index (χ4n) is 3.24. The van der Waals surface area contributed by atoms with Crippen molar-refractivity contribution in [1.82, 2.24) is 10.2 Å². The monoisotopic (exact) mass is 412 g/mol. The molecule has 2 unspecified atom stereocenters. The van der Waals surface area contributed by atoms with Gasteiger partial charge in [0, 0.05) is 24.1 Å². The van der Waals surface area contributed by atoms with Gasteiger partial charge in [-0.3, -0.25) is 4.79 Å². The predicted octanol–water partition coefficient (Wildman–Crippen LogP) is 4.29. The van der Waals surface area contributed by atoms with E-state index in [9.17, 15) is 13.6 Å². The molecule has 2 aromatic rings. The molecule has 1 aliphatic heterocycles. The van der Waals surface area contributed by atoms with Crippen molar-refractivity contribution in [3.05, 3.63) is 65.7 Å². The molecular formula is C20H23ClF2N2OS. The van der Waals surface area contributed by atoms with Crippen LogP contribution in [0.5, 0.6) is 0 Å². The molecule has 2 atom stereocenters. The number of hydrogen-bond acceptors (Lipinski definition) is 3. The smallest absolute Gasteiger partial charge is 0.240 e. The summed E-state index contributed by atoms with van der Waals surface area (Å²) in [6.07, 6.45) is 0.962. The molecule has 0 aliphatic carbocycles. The highest BCUT2D eigenvalue weighted by molar-refractivity contribution is 8.00. The summed E-state index contributed by atoms with van der Waals surface area (Å²) < 4.78 is 27.3. The van der Waals surface area contributed by atoms with Crippen molar-refractivity contribution in [2.24, 2.45) is 5.92 Å². The summed E-state index contributed by atoms with van der Waals surface area (Å²) in [5.74, 6) is -0.849. The first-order valence-corrected chi connectivity index (χ1v) is 9.56. The van der Waals surface area contributed by atoms with Crippen molar-refractivity contribution in [2.75, 3.05) is 26.7 Å². The number of nitrogens with zero attached hydrogens (tertiary/aromatic N) is 1. The van der Waals surface area contributed by atoms with Gasteiger partial charge in [0.15, 0.2) is 0 Å². The number of carbonyl (C=O) groups excluding carboxylic acids is 1. The van der Waals surface area contributed by atoms with Crippen molar-refractivity contribution in [3.8, 4) is 0 Å². The van der Waals surface area contributed by atoms with Crippen LogP contribution in [0.2, 0.25) is 0 Å². The van der Waals surface area contributed by atoms with Crippen molar-refractivity contribution in [2.45, 2.75) is 16.6 Å². The lowest BCUT2D eigenvalue weighted by Gasteiger charge is -2.24. The second-order valence-electron chi connectivity index (χ2n) is 6.48. The van der Waals surface area contributed by atoms with Crippen LogP contribution in [0.25, 0.3) is 0 Å². The van der Waals surface area contributed by atoms with Crippen LogP contribution in [0.3, 0.4) is 0 Å². The van der Waals surface area contributed by atoms with Gasteiger partial charge in [0.2, 0.25) is 5.91 Å². The number of hydrogen-bond donors (Lipinski definition) is 1. The second kappa shape index (κ2) is 10.1. The second-order valence-corrected chi connectivity index (χ2v) is 7.63. The Hall–Kier alpha value is -1.63. The van der Waals surface area contributed by atoms with Gasteiger partial charge in [-0.1, -0.05) is 30.3 Å². The van der Waals surface area contributed by atoms with Gasteiger partial charge in [0.05, 0.1) is 0 Å². The predicted molar refractivity (Wildman–Crippen MR) is 107 cm³/mol. The van der Waals surface area contributed by atoms with E-state index in [-0.39, 0.29) is 23.2 Å². The topological polar surface area (TPSA) is 32.3 Å². The minimum Gasteiger partial charge on any atom is -0.341 e. The molecule has 0 aromatic heterocycles. The number of rotatable bonds is 6. The van der Waals surface area contributed by atoms with Crippen molar-refractivity contribution < 1.29 is 13.6 Å². The number of benzene rings is 2. The molecule has 146 valence electrons. The highest BCUT2D eigenvalue weighted by Crippen LogP contribution is 2.39. The largest absolute Gasteiger partial charge is 0.341 e. The van der Waals surface area contributed by atoms with Crippen LogP contribution >= 0.6 is 24.2 Å². The molecular weight excluding hydrogens is 390 g/mol. The third-order valence-electron chi connectivity index (χ3n) is 4.56. The first-order chi connectivity index (χ1) is 12.6. The van der Waals surface area contributed by atoms with Crippen LogP contribution in [0, 0.1) is 17.6 Å². The fraction of sp³-hybridized carbons (Fsp3) is 0.350. The van der Waals surface area contributed by atoms with Crippen molar-refractivity contribution in [3.63, 3.8) is 0 Å². The summed E-state index contributed by atoms with van der Waals surface area (Å²) in [6.45, 7) is 2.29. The van der Waals surface area contributed by atoms with Gasteiger partial charge in [-0.2, -0.15) is 0 Å². The lowest BCUT2D eigenvalue weighted by molar-refractivity contribution is -0.129. The zero-order chi connectivity index (χ0) is 18.5. The normalized spacial score (nSPS) is 17.4. The SMILES string of the molecule is CNCC1CCN(C(=O)C(Sc2ccc(F)cc2F)c2ccccc2)C1.Cl. The van der Waals surface area contributed by atoms with E-state index < -0.39 is 16.9 Å². The molecule has 1 fully saturated rings. The van der Waals surface area contributed by atoms with Crippen LogP contribution in [0.15, 0.2) is 53.4 Å². The molecule has 27 heavy (non-hydrogen) atoms. The number of carbonyl (C=O) groups is 1. The van der Waals surface area contributed by atoms with E-state index >= 15 is 0 Å². The Morgan fingerprint density at radius 1 is 1.26 bits per heavy atom. The molecule has 3 nitrogen and oxygen atoms in total. The van der Waals surface area contributed by atoms with Crippen LogP contribution < -0.4 is 5.32 Å². The Morgan fingerprint density at radius 3 is 2.67 bits per heavy atom. The van der Waals surface area contributed by atoms with Gasteiger partial charge in [-0.25, -0.2) is 8.78 Å². The summed E-state index contributed by atoms with van der Waals surface area (Å²) in [6, 6.07) is 12.8. The molecule has 3 rings (SSSR count). The molecule has 7 heteroatoms. The zero-order valence-corrected chi connectivity index (χ0v) is 16.7. The minimum atomic E-state index is -0.641. The van der Waals surface area contributed by atoms with E-state index in [2.05, 4.69) is 5.32 Å². The first-order valence-electron chi connectivity index (χ1n) is 8.68. The molecule has 0 saturated carbocycles. The number of amides is 1. The van der Waals surface area contributed by atoms with Crippen LogP contribution in [-0.2, 0) is 4.79 Å². The minimum absolute atomic E-state index is 0. The molecule has 0 radical (unpaired) electrons. The van der Waals surface area contributed by atoms with Gasteiger partial charge in [0.25, 0.3) is 0 Å².